The number of H-pyrrole nitrogens is 2. The fourth-order valence-electron chi connectivity index (χ4n) is 2.43. The van der Waals surface area contributed by atoms with Crippen molar-refractivity contribution >= 4 is 22.6 Å². The molecule has 0 aliphatic rings. The summed E-state index contributed by atoms with van der Waals surface area (Å²) < 4.78 is 5.65. The van der Waals surface area contributed by atoms with Crippen LogP contribution in [0.1, 0.15) is 30.6 Å². The number of benzene rings is 2. The minimum absolute atomic E-state index is 0.217. The fourth-order valence-corrected chi connectivity index (χ4v) is 2.43. The van der Waals surface area contributed by atoms with E-state index in [0.717, 1.165) is 12.2 Å². The first kappa shape index (κ1) is 16.8. The molecular formula is C19H21N3O3. The van der Waals surface area contributed by atoms with Crippen LogP contribution in [0.2, 0.25) is 0 Å². The van der Waals surface area contributed by atoms with Crippen LogP contribution >= 0.6 is 0 Å². The number of carbonyl (C=O) groups is 1. The predicted octanol–water partition coefficient (Wildman–Crippen LogP) is 3.53. The third-order valence-electron chi connectivity index (χ3n) is 3.85. The predicted molar refractivity (Wildman–Crippen MR) is 98.3 cm³/mol. The molecule has 0 atom stereocenters. The van der Waals surface area contributed by atoms with Crippen molar-refractivity contribution in [1.82, 2.24) is 9.97 Å². The number of aromatic nitrogens is 2. The first-order valence-corrected chi connectivity index (χ1v) is 8.27. The van der Waals surface area contributed by atoms with Gasteiger partial charge in [-0.05, 0) is 54.8 Å². The molecular weight excluding hydrogens is 318 g/mol. The van der Waals surface area contributed by atoms with Crippen molar-refractivity contribution in [1.29, 1.82) is 0 Å². The topological polar surface area (TPSA) is 87.0 Å². The Morgan fingerprint density at radius 2 is 1.80 bits per heavy atom. The van der Waals surface area contributed by atoms with Gasteiger partial charge in [0.05, 0.1) is 17.6 Å². The van der Waals surface area contributed by atoms with Gasteiger partial charge in [0.2, 0.25) is 0 Å². The minimum Gasteiger partial charge on any atom is -0.494 e. The Morgan fingerprint density at radius 3 is 2.52 bits per heavy atom. The molecule has 3 rings (SSSR count). The number of ether oxygens (including phenoxy) is 1. The van der Waals surface area contributed by atoms with E-state index in [9.17, 15) is 9.59 Å². The highest BCUT2D eigenvalue weighted by Gasteiger charge is 2.08. The number of carbonyl (C=O) groups excluding carboxylic acids is 1. The third-order valence-corrected chi connectivity index (χ3v) is 3.85. The van der Waals surface area contributed by atoms with Crippen LogP contribution in [0.5, 0.6) is 5.75 Å². The second-order valence-corrected chi connectivity index (χ2v) is 6.35. The summed E-state index contributed by atoms with van der Waals surface area (Å²) in [5, 5.41) is 2.82. The summed E-state index contributed by atoms with van der Waals surface area (Å²) in [4.78, 5) is 28.9. The Bertz CT molecular complexity index is 923. The molecule has 0 aliphatic carbocycles. The molecule has 0 fully saturated rings. The van der Waals surface area contributed by atoms with Crippen molar-refractivity contribution in [2.24, 2.45) is 5.92 Å². The van der Waals surface area contributed by atoms with Crippen LogP contribution in [0, 0.1) is 5.92 Å². The average molecular weight is 339 g/mol. The van der Waals surface area contributed by atoms with Crippen molar-refractivity contribution in [3.05, 3.63) is 58.5 Å². The maximum atomic E-state index is 12.3. The van der Waals surface area contributed by atoms with Crippen LogP contribution in [-0.4, -0.2) is 22.5 Å². The monoisotopic (exact) mass is 339 g/mol. The van der Waals surface area contributed by atoms with Crippen LogP contribution < -0.4 is 15.7 Å². The van der Waals surface area contributed by atoms with Crippen LogP contribution in [0.25, 0.3) is 11.0 Å². The number of nitrogens with one attached hydrogen (secondary N) is 3. The zero-order valence-corrected chi connectivity index (χ0v) is 14.3. The first-order valence-electron chi connectivity index (χ1n) is 8.27. The first-order chi connectivity index (χ1) is 12.0. The molecule has 25 heavy (non-hydrogen) atoms. The maximum absolute atomic E-state index is 12.3. The summed E-state index contributed by atoms with van der Waals surface area (Å²) >= 11 is 0. The molecule has 0 saturated carbocycles. The van der Waals surface area contributed by atoms with E-state index in [4.69, 9.17) is 4.74 Å². The highest BCUT2D eigenvalue weighted by atomic mass is 16.5. The standard InChI is InChI=1S/C19H21N3O3/c1-12(2)9-10-25-15-6-3-13(4-7-15)18(23)20-14-5-8-16-17(11-14)22-19(24)21-16/h3-8,11-12H,9-10H2,1-2H3,(H,20,23)(H2,21,22,24). The zero-order chi connectivity index (χ0) is 17.8. The highest BCUT2D eigenvalue weighted by Crippen LogP contribution is 2.17. The second-order valence-electron chi connectivity index (χ2n) is 6.35. The Labute approximate surface area is 145 Å². The summed E-state index contributed by atoms with van der Waals surface area (Å²) in [6.45, 7) is 4.96. The van der Waals surface area contributed by atoms with Crippen molar-refractivity contribution < 1.29 is 9.53 Å². The Kier molecular flexibility index (Phi) is 4.88. The fraction of sp³-hybridized carbons (Fsp3) is 0.263. The van der Waals surface area contributed by atoms with Gasteiger partial charge >= 0.3 is 5.69 Å². The number of fused-ring (bicyclic) bond motifs is 1. The molecule has 0 radical (unpaired) electrons. The summed E-state index contributed by atoms with van der Waals surface area (Å²) in [6.07, 6.45) is 0.992. The third kappa shape index (κ3) is 4.29. The average Bonchev–Trinajstić information content (AvgIpc) is 2.94. The van der Waals surface area contributed by atoms with Gasteiger partial charge in [-0.25, -0.2) is 4.79 Å². The quantitative estimate of drug-likeness (QED) is 0.642. The van der Waals surface area contributed by atoms with E-state index in [0.29, 0.717) is 34.8 Å². The molecule has 1 aromatic heterocycles. The van der Waals surface area contributed by atoms with Gasteiger partial charge in [0.15, 0.2) is 0 Å². The van der Waals surface area contributed by atoms with Crippen molar-refractivity contribution in [2.45, 2.75) is 20.3 Å². The van der Waals surface area contributed by atoms with Crippen LogP contribution in [0.15, 0.2) is 47.3 Å². The van der Waals surface area contributed by atoms with Gasteiger partial charge in [0, 0.05) is 11.3 Å². The number of amides is 1. The van der Waals surface area contributed by atoms with Gasteiger partial charge in [-0.1, -0.05) is 13.8 Å². The van der Waals surface area contributed by atoms with E-state index in [2.05, 4.69) is 29.1 Å². The number of anilines is 1. The highest BCUT2D eigenvalue weighted by molar-refractivity contribution is 6.05. The molecule has 0 unspecified atom stereocenters. The summed E-state index contributed by atoms with van der Waals surface area (Å²) in [5.74, 6) is 1.13. The smallest absolute Gasteiger partial charge is 0.323 e. The molecule has 0 bridgehead atoms. The number of aromatic amines is 2. The van der Waals surface area contributed by atoms with Gasteiger partial charge in [-0.2, -0.15) is 0 Å². The molecule has 130 valence electrons. The van der Waals surface area contributed by atoms with Gasteiger partial charge in [-0.3, -0.25) is 4.79 Å². The SMILES string of the molecule is CC(C)CCOc1ccc(C(=O)Nc2ccc3[nH]c(=O)[nH]c3c2)cc1. The number of hydrogen-bond acceptors (Lipinski definition) is 3. The van der Waals surface area contributed by atoms with E-state index in [1.165, 1.54) is 0 Å². The summed E-state index contributed by atoms with van der Waals surface area (Å²) in [5.41, 5.74) is 2.23. The molecule has 1 heterocycles. The molecule has 1 amide bonds. The molecule has 0 aliphatic heterocycles. The molecule has 3 N–H and O–H groups in total. The number of hydrogen-bond donors (Lipinski definition) is 3. The second kappa shape index (κ2) is 7.25. The summed E-state index contributed by atoms with van der Waals surface area (Å²) in [6, 6.07) is 12.3. The van der Waals surface area contributed by atoms with E-state index in [1.54, 1.807) is 42.5 Å². The van der Waals surface area contributed by atoms with E-state index >= 15 is 0 Å². The Balaban J connectivity index is 1.64. The lowest BCUT2D eigenvalue weighted by Gasteiger charge is -2.09. The van der Waals surface area contributed by atoms with E-state index in [1.807, 2.05) is 0 Å². The van der Waals surface area contributed by atoms with Crippen LogP contribution in [0.3, 0.4) is 0 Å². The molecule has 6 nitrogen and oxygen atoms in total. The Hall–Kier alpha value is -3.02. The number of rotatable bonds is 6. The van der Waals surface area contributed by atoms with E-state index in [-0.39, 0.29) is 11.6 Å². The molecule has 3 aromatic rings. The maximum Gasteiger partial charge on any atom is 0.323 e. The lowest BCUT2D eigenvalue weighted by molar-refractivity contribution is 0.102. The lowest BCUT2D eigenvalue weighted by atomic mass is 10.1. The van der Waals surface area contributed by atoms with E-state index < -0.39 is 0 Å². The zero-order valence-electron chi connectivity index (χ0n) is 14.3. The molecule has 2 aromatic carbocycles. The molecule has 6 heteroatoms. The van der Waals surface area contributed by atoms with Gasteiger partial charge in [0.25, 0.3) is 5.91 Å². The normalized spacial score (nSPS) is 11.0. The van der Waals surface area contributed by atoms with Crippen LogP contribution in [-0.2, 0) is 0 Å². The molecule has 0 saturated heterocycles. The molecule has 0 spiro atoms. The Morgan fingerprint density at radius 1 is 1.08 bits per heavy atom. The minimum atomic E-state index is -0.272. The summed E-state index contributed by atoms with van der Waals surface area (Å²) in [7, 11) is 0. The van der Waals surface area contributed by atoms with Gasteiger partial charge in [-0.15, -0.1) is 0 Å². The van der Waals surface area contributed by atoms with Gasteiger partial charge < -0.3 is 20.0 Å². The van der Waals surface area contributed by atoms with Crippen molar-refractivity contribution in [2.75, 3.05) is 11.9 Å². The largest absolute Gasteiger partial charge is 0.494 e. The van der Waals surface area contributed by atoms with Crippen LogP contribution in [0.4, 0.5) is 5.69 Å². The van der Waals surface area contributed by atoms with Crippen molar-refractivity contribution in [3.63, 3.8) is 0 Å². The number of imidazole rings is 1. The van der Waals surface area contributed by atoms with Crippen molar-refractivity contribution in [3.8, 4) is 5.75 Å². The van der Waals surface area contributed by atoms with Gasteiger partial charge in [0.1, 0.15) is 5.75 Å². The lowest BCUT2D eigenvalue weighted by Crippen LogP contribution is -2.11.